The van der Waals surface area contributed by atoms with Crippen LogP contribution in [0.4, 0.5) is 5.95 Å². The summed E-state index contributed by atoms with van der Waals surface area (Å²) in [4.78, 5) is 30.8. The number of carbonyl (C=O) groups excluding carboxylic acids is 1. The second-order valence-corrected chi connectivity index (χ2v) is 5.96. The summed E-state index contributed by atoms with van der Waals surface area (Å²) in [6.07, 6.45) is 1.49. The number of H-pyrrole nitrogens is 1. The predicted molar refractivity (Wildman–Crippen MR) is 102 cm³/mol. The SMILES string of the molecule is NC(=O)c1cccc(CNc2nc3c(cnn3-c3ccccc3)c(=O)[nH]2)c1. The molecule has 0 aliphatic heterocycles. The Morgan fingerprint density at radius 3 is 2.74 bits per heavy atom. The van der Waals surface area contributed by atoms with E-state index in [1.807, 2.05) is 36.4 Å². The molecule has 0 fully saturated rings. The van der Waals surface area contributed by atoms with E-state index in [-0.39, 0.29) is 5.56 Å². The number of nitrogens with one attached hydrogen (secondary N) is 2. The van der Waals surface area contributed by atoms with Gasteiger partial charge in [-0.25, -0.2) is 4.68 Å². The minimum absolute atomic E-state index is 0.282. The zero-order valence-corrected chi connectivity index (χ0v) is 14.2. The Bertz CT molecular complexity index is 1180. The second-order valence-electron chi connectivity index (χ2n) is 5.96. The molecule has 27 heavy (non-hydrogen) atoms. The van der Waals surface area contributed by atoms with Crippen LogP contribution in [-0.4, -0.2) is 25.7 Å². The third-order valence-corrected chi connectivity index (χ3v) is 4.11. The van der Waals surface area contributed by atoms with Gasteiger partial charge in [0.15, 0.2) is 5.65 Å². The van der Waals surface area contributed by atoms with Gasteiger partial charge in [0.05, 0.1) is 11.9 Å². The lowest BCUT2D eigenvalue weighted by Crippen LogP contribution is -2.14. The monoisotopic (exact) mass is 360 g/mol. The number of aromatic nitrogens is 4. The Hall–Kier alpha value is -3.94. The maximum atomic E-state index is 12.3. The van der Waals surface area contributed by atoms with Crippen LogP contribution in [0.1, 0.15) is 15.9 Å². The van der Waals surface area contributed by atoms with Crippen molar-refractivity contribution in [3.8, 4) is 5.69 Å². The van der Waals surface area contributed by atoms with Gasteiger partial charge < -0.3 is 11.1 Å². The van der Waals surface area contributed by atoms with Crippen LogP contribution in [0.25, 0.3) is 16.7 Å². The number of benzene rings is 2. The average molecular weight is 360 g/mol. The number of anilines is 1. The highest BCUT2D eigenvalue weighted by atomic mass is 16.1. The molecule has 4 rings (SSSR count). The summed E-state index contributed by atoms with van der Waals surface area (Å²) < 4.78 is 1.61. The number of amides is 1. The van der Waals surface area contributed by atoms with E-state index in [1.54, 1.807) is 22.9 Å². The van der Waals surface area contributed by atoms with E-state index in [2.05, 4.69) is 20.4 Å². The molecule has 0 bridgehead atoms. The molecule has 2 heterocycles. The zero-order chi connectivity index (χ0) is 18.8. The average Bonchev–Trinajstić information content (AvgIpc) is 3.12. The van der Waals surface area contributed by atoms with E-state index in [0.717, 1.165) is 11.3 Å². The smallest absolute Gasteiger partial charge is 0.263 e. The van der Waals surface area contributed by atoms with Gasteiger partial charge in [-0.3, -0.25) is 14.6 Å². The lowest BCUT2D eigenvalue weighted by atomic mass is 10.1. The number of hydrogen-bond acceptors (Lipinski definition) is 5. The molecule has 0 aliphatic rings. The summed E-state index contributed by atoms with van der Waals surface area (Å²) in [5.41, 5.74) is 7.55. The molecule has 0 atom stereocenters. The molecule has 0 saturated heterocycles. The first-order chi connectivity index (χ1) is 13.1. The summed E-state index contributed by atoms with van der Waals surface area (Å²) in [6, 6.07) is 16.4. The molecule has 8 heteroatoms. The molecule has 0 aliphatic carbocycles. The molecule has 0 spiro atoms. The fourth-order valence-corrected chi connectivity index (χ4v) is 2.78. The van der Waals surface area contributed by atoms with E-state index in [4.69, 9.17) is 5.73 Å². The van der Waals surface area contributed by atoms with Crippen molar-refractivity contribution >= 4 is 22.9 Å². The van der Waals surface area contributed by atoms with Crippen LogP contribution in [0.5, 0.6) is 0 Å². The normalized spacial score (nSPS) is 10.8. The van der Waals surface area contributed by atoms with Gasteiger partial charge >= 0.3 is 0 Å². The maximum absolute atomic E-state index is 12.3. The number of carbonyl (C=O) groups is 1. The maximum Gasteiger partial charge on any atom is 0.263 e. The molecule has 2 aromatic carbocycles. The van der Waals surface area contributed by atoms with Gasteiger partial charge in [0.2, 0.25) is 11.9 Å². The minimum atomic E-state index is -0.489. The first-order valence-electron chi connectivity index (χ1n) is 8.28. The van der Waals surface area contributed by atoms with Crippen molar-refractivity contribution in [1.29, 1.82) is 0 Å². The molecule has 4 aromatic rings. The van der Waals surface area contributed by atoms with E-state index in [9.17, 15) is 9.59 Å². The largest absolute Gasteiger partial charge is 0.366 e. The van der Waals surface area contributed by atoms with Crippen LogP contribution in [0, 0.1) is 0 Å². The summed E-state index contributed by atoms with van der Waals surface area (Å²) in [6.45, 7) is 0.370. The fraction of sp³-hybridized carbons (Fsp3) is 0.0526. The van der Waals surface area contributed by atoms with Gasteiger partial charge in [0.1, 0.15) is 5.39 Å². The zero-order valence-electron chi connectivity index (χ0n) is 14.2. The number of rotatable bonds is 5. The van der Waals surface area contributed by atoms with Crippen LogP contribution in [0.2, 0.25) is 0 Å². The summed E-state index contributed by atoms with van der Waals surface area (Å²) >= 11 is 0. The van der Waals surface area contributed by atoms with Gasteiger partial charge in [0.25, 0.3) is 5.56 Å². The topological polar surface area (TPSA) is 119 Å². The molecule has 1 amide bonds. The Kier molecular flexibility index (Phi) is 4.13. The van der Waals surface area contributed by atoms with Crippen LogP contribution < -0.4 is 16.6 Å². The lowest BCUT2D eigenvalue weighted by Gasteiger charge is -2.08. The van der Waals surface area contributed by atoms with E-state index in [0.29, 0.717) is 29.1 Å². The standard InChI is InChI=1S/C19H16N6O2/c20-16(26)13-6-4-5-12(9-13)10-21-19-23-17-15(18(27)24-19)11-22-25(17)14-7-2-1-3-8-14/h1-9,11H,10H2,(H2,20,26)(H2,21,23,24,27). The highest BCUT2D eigenvalue weighted by Gasteiger charge is 2.11. The summed E-state index contributed by atoms with van der Waals surface area (Å²) in [7, 11) is 0. The van der Waals surface area contributed by atoms with Crippen molar-refractivity contribution in [2.24, 2.45) is 5.73 Å². The number of aromatic amines is 1. The first kappa shape index (κ1) is 16.5. The molecular weight excluding hydrogens is 344 g/mol. The fourth-order valence-electron chi connectivity index (χ4n) is 2.78. The van der Waals surface area contributed by atoms with Crippen molar-refractivity contribution < 1.29 is 4.79 Å². The number of hydrogen-bond donors (Lipinski definition) is 3. The molecule has 2 aromatic heterocycles. The van der Waals surface area contributed by atoms with E-state index in [1.165, 1.54) is 6.20 Å². The number of fused-ring (bicyclic) bond motifs is 1. The van der Waals surface area contributed by atoms with Gasteiger partial charge in [-0.05, 0) is 29.8 Å². The Morgan fingerprint density at radius 2 is 1.96 bits per heavy atom. The molecule has 4 N–H and O–H groups in total. The van der Waals surface area contributed by atoms with Crippen molar-refractivity contribution in [2.75, 3.05) is 5.32 Å². The number of para-hydroxylation sites is 1. The predicted octanol–water partition coefficient (Wildman–Crippen LogP) is 1.82. The van der Waals surface area contributed by atoms with Gasteiger partial charge in [-0.15, -0.1) is 0 Å². The Labute approximate surface area is 153 Å². The third-order valence-electron chi connectivity index (χ3n) is 4.11. The summed E-state index contributed by atoms with van der Waals surface area (Å²) in [5.74, 6) is -0.175. The lowest BCUT2D eigenvalue weighted by molar-refractivity contribution is 0.1000. The Balaban J connectivity index is 1.66. The number of nitrogens with zero attached hydrogens (tertiary/aromatic N) is 3. The van der Waals surface area contributed by atoms with Crippen molar-refractivity contribution in [1.82, 2.24) is 19.7 Å². The third kappa shape index (κ3) is 3.28. The molecule has 8 nitrogen and oxygen atoms in total. The Morgan fingerprint density at radius 1 is 1.15 bits per heavy atom. The summed E-state index contributed by atoms with van der Waals surface area (Å²) in [5, 5.41) is 7.74. The molecule has 134 valence electrons. The highest BCUT2D eigenvalue weighted by molar-refractivity contribution is 5.92. The van der Waals surface area contributed by atoms with Crippen LogP contribution in [-0.2, 0) is 6.54 Å². The minimum Gasteiger partial charge on any atom is -0.366 e. The van der Waals surface area contributed by atoms with Crippen LogP contribution >= 0.6 is 0 Å². The highest BCUT2D eigenvalue weighted by Crippen LogP contribution is 2.15. The molecule has 0 radical (unpaired) electrons. The van der Waals surface area contributed by atoms with Crippen molar-refractivity contribution in [3.05, 3.63) is 82.3 Å². The number of primary amides is 1. The molecular formula is C19H16N6O2. The quantitative estimate of drug-likeness (QED) is 0.502. The molecule has 0 unspecified atom stereocenters. The first-order valence-corrected chi connectivity index (χ1v) is 8.28. The van der Waals surface area contributed by atoms with E-state index >= 15 is 0 Å². The molecule has 0 saturated carbocycles. The van der Waals surface area contributed by atoms with Crippen LogP contribution in [0.3, 0.4) is 0 Å². The van der Waals surface area contributed by atoms with Gasteiger partial charge in [0, 0.05) is 12.1 Å². The van der Waals surface area contributed by atoms with Gasteiger partial charge in [-0.1, -0.05) is 30.3 Å². The van der Waals surface area contributed by atoms with E-state index < -0.39 is 5.91 Å². The second kappa shape index (κ2) is 6.75. The van der Waals surface area contributed by atoms with Gasteiger partial charge in [-0.2, -0.15) is 10.1 Å². The number of nitrogens with two attached hydrogens (primary N) is 1. The van der Waals surface area contributed by atoms with Crippen molar-refractivity contribution in [3.63, 3.8) is 0 Å². The van der Waals surface area contributed by atoms with Crippen LogP contribution in [0.15, 0.2) is 65.6 Å². The van der Waals surface area contributed by atoms with Crippen molar-refractivity contribution in [2.45, 2.75) is 6.54 Å².